The lowest BCUT2D eigenvalue weighted by Crippen LogP contribution is -2.48. The van der Waals surface area contributed by atoms with Crippen molar-refractivity contribution in [1.82, 2.24) is 13.4 Å². The Morgan fingerprint density at radius 1 is 1.29 bits per heavy atom. The molecule has 2 unspecified atom stereocenters. The number of hydrogen-bond donors (Lipinski definition) is 1. The molecule has 1 aliphatic heterocycles. The third kappa shape index (κ3) is 2.68. The van der Waals surface area contributed by atoms with Crippen LogP contribution in [0.2, 0.25) is 0 Å². The molecule has 1 aliphatic rings. The number of piperidine rings is 1. The highest BCUT2D eigenvalue weighted by atomic mass is 32.2. The van der Waals surface area contributed by atoms with Crippen molar-refractivity contribution >= 4 is 10.0 Å². The summed E-state index contributed by atoms with van der Waals surface area (Å²) < 4.78 is 28.2. The molecule has 2 heterocycles. The van der Waals surface area contributed by atoms with E-state index in [1.54, 1.807) is 6.92 Å². The average Bonchev–Trinajstić information content (AvgIpc) is 2.43. The predicted octanol–water partition coefficient (Wildman–Crippen LogP) is -1.52. The number of aliphatic hydroxyl groups excluding tert-OH is 1. The molecule has 2 atom stereocenters. The molecule has 8 nitrogen and oxygen atoms in total. The number of sulfonamides is 1. The van der Waals surface area contributed by atoms with E-state index < -0.39 is 32.3 Å². The minimum Gasteiger partial charge on any atom is -0.393 e. The van der Waals surface area contributed by atoms with E-state index in [1.807, 2.05) is 0 Å². The number of aryl methyl sites for hydroxylation is 1. The van der Waals surface area contributed by atoms with Gasteiger partial charge in [0.2, 0.25) is 10.0 Å². The fourth-order valence-electron chi connectivity index (χ4n) is 2.40. The van der Waals surface area contributed by atoms with E-state index in [0.717, 1.165) is 15.3 Å². The van der Waals surface area contributed by atoms with E-state index >= 15 is 0 Å². The lowest BCUT2D eigenvalue weighted by atomic mass is 9.99. The van der Waals surface area contributed by atoms with Gasteiger partial charge in [0.1, 0.15) is 0 Å². The monoisotopic (exact) mass is 317 g/mol. The summed E-state index contributed by atoms with van der Waals surface area (Å²) in [7, 11) is -1.35. The molecule has 21 heavy (non-hydrogen) atoms. The molecule has 2 rings (SSSR count). The zero-order valence-electron chi connectivity index (χ0n) is 12.2. The molecule has 0 aliphatic carbocycles. The van der Waals surface area contributed by atoms with Crippen LogP contribution in [0.15, 0.2) is 20.7 Å². The summed E-state index contributed by atoms with van der Waals surface area (Å²) in [5.74, 6) is -0.204. The van der Waals surface area contributed by atoms with Gasteiger partial charge in [0.25, 0.3) is 5.56 Å². The SMILES string of the molecule is CC1CN(S(=O)(=O)c2cn(C)c(=O)n(C)c2=O)CCC1O. The topological polar surface area (TPSA) is 102 Å². The largest absolute Gasteiger partial charge is 0.393 e. The van der Waals surface area contributed by atoms with Gasteiger partial charge >= 0.3 is 5.69 Å². The Balaban J connectivity index is 2.51. The first-order chi connectivity index (χ1) is 9.66. The molecule has 9 heteroatoms. The summed E-state index contributed by atoms with van der Waals surface area (Å²) in [6, 6.07) is 0. The molecular weight excluding hydrogens is 298 g/mol. The van der Waals surface area contributed by atoms with Gasteiger partial charge < -0.3 is 9.67 Å². The maximum Gasteiger partial charge on any atom is 0.330 e. The first-order valence-electron chi connectivity index (χ1n) is 6.61. The van der Waals surface area contributed by atoms with E-state index in [-0.39, 0.29) is 19.0 Å². The van der Waals surface area contributed by atoms with Gasteiger partial charge in [0, 0.05) is 33.4 Å². The van der Waals surface area contributed by atoms with Crippen molar-refractivity contribution in [2.45, 2.75) is 24.3 Å². The molecule has 1 N–H and O–H groups in total. The van der Waals surface area contributed by atoms with Crippen LogP contribution in [0.1, 0.15) is 13.3 Å². The number of rotatable bonds is 2. The van der Waals surface area contributed by atoms with E-state index in [9.17, 15) is 23.1 Å². The van der Waals surface area contributed by atoms with Gasteiger partial charge in [0.05, 0.1) is 6.10 Å². The third-order valence-corrected chi connectivity index (χ3v) is 5.70. The molecule has 1 saturated heterocycles. The average molecular weight is 317 g/mol. The Hall–Kier alpha value is -1.45. The smallest absolute Gasteiger partial charge is 0.330 e. The van der Waals surface area contributed by atoms with Crippen molar-refractivity contribution < 1.29 is 13.5 Å². The van der Waals surface area contributed by atoms with Crippen LogP contribution in [0.25, 0.3) is 0 Å². The van der Waals surface area contributed by atoms with Gasteiger partial charge in [-0.1, -0.05) is 6.92 Å². The third-order valence-electron chi connectivity index (χ3n) is 3.86. The maximum absolute atomic E-state index is 12.6. The second kappa shape index (κ2) is 5.39. The van der Waals surface area contributed by atoms with Gasteiger partial charge in [-0.2, -0.15) is 4.31 Å². The Labute approximate surface area is 122 Å². The van der Waals surface area contributed by atoms with Crippen LogP contribution in [0.5, 0.6) is 0 Å². The summed E-state index contributed by atoms with van der Waals surface area (Å²) >= 11 is 0. The van der Waals surface area contributed by atoms with Crippen LogP contribution < -0.4 is 11.2 Å². The highest BCUT2D eigenvalue weighted by Gasteiger charge is 2.34. The molecule has 0 aromatic carbocycles. The Morgan fingerprint density at radius 2 is 1.90 bits per heavy atom. The molecule has 0 bridgehead atoms. The summed E-state index contributed by atoms with van der Waals surface area (Å²) in [6.07, 6.45) is 0.835. The molecule has 0 amide bonds. The predicted molar refractivity (Wildman–Crippen MR) is 75.5 cm³/mol. The van der Waals surface area contributed by atoms with Crippen LogP contribution in [0.4, 0.5) is 0 Å². The van der Waals surface area contributed by atoms with E-state index in [2.05, 4.69) is 0 Å². The molecule has 1 aromatic rings. The summed E-state index contributed by atoms with van der Waals surface area (Å²) in [4.78, 5) is 23.3. The van der Waals surface area contributed by atoms with Crippen molar-refractivity contribution in [3.63, 3.8) is 0 Å². The van der Waals surface area contributed by atoms with Crippen molar-refractivity contribution in [3.8, 4) is 0 Å². The fraction of sp³-hybridized carbons (Fsp3) is 0.667. The van der Waals surface area contributed by atoms with Gasteiger partial charge in [-0.05, 0) is 12.3 Å². The van der Waals surface area contributed by atoms with Gasteiger partial charge in [-0.25, -0.2) is 13.2 Å². The molecule has 1 aromatic heterocycles. The van der Waals surface area contributed by atoms with Crippen LogP contribution in [0, 0.1) is 5.92 Å². The van der Waals surface area contributed by atoms with Crippen LogP contribution in [-0.2, 0) is 24.1 Å². The maximum atomic E-state index is 12.6. The second-order valence-corrected chi connectivity index (χ2v) is 7.35. The Bertz CT molecular complexity index is 764. The van der Waals surface area contributed by atoms with Crippen LogP contribution in [-0.4, -0.2) is 46.2 Å². The molecule has 0 spiro atoms. The molecule has 1 fully saturated rings. The van der Waals surface area contributed by atoms with E-state index in [0.29, 0.717) is 6.42 Å². The number of aromatic nitrogens is 2. The highest BCUT2D eigenvalue weighted by molar-refractivity contribution is 7.89. The zero-order chi connectivity index (χ0) is 15.9. The highest BCUT2D eigenvalue weighted by Crippen LogP contribution is 2.21. The van der Waals surface area contributed by atoms with Crippen LogP contribution >= 0.6 is 0 Å². The zero-order valence-corrected chi connectivity index (χ0v) is 13.0. The number of nitrogens with zero attached hydrogens (tertiary/aromatic N) is 3. The quantitative estimate of drug-likeness (QED) is 0.713. The summed E-state index contributed by atoms with van der Waals surface area (Å²) in [6.45, 7) is 2.06. The van der Waals surface area contributed by atoms with E-state index in [1.165, 1.54) is 18.4 Å². The van der Waals surface area contributed by atoms with Crippen molar-refractivity contribution in [2.24, 2.45) is 20.0 Å². The molecule has 118 valence electrons. The first-order valence-corrected chi connectivity index (χ1v) is 8.05. The molecule has 0 radical (unpaired) electrons. The normalized spacial score (nSPS) is 24.2. The molecular formula is C12H19N3O5S. The summed E-state index contributed by atoms with van der Waals surface area (Å²) in [5.41, 5.74) is -1.42. The Kier molecular flexibility index (Phi) is 4.09. The standard InChI is InChI=1S/C12H19N3O5S/c1-8-6-15(5-4-9(8)16)21(19,20)10-7-13(2)12(18)14(3)11(10)17/h7-9,16H,4-6H2,1-3H3. The fourth-order valence-corrected chi connectivity index (χ4v) is 4.11. The van der Waals surface area contributed by atoms with Gasteiger partial charge in [0.15, 0.2) is 4.90 Å². The van der Waals surface area contributed by atoms with Crippen molar-refractivity contribution in [1.29, 1.82) is 0 Å². The summed E-state index contributed by atoms with van der Waals surface area (Å²) in [5, 5.41) is 9.68. The minimum absolute atomic E-state index is 0.148. The van der Waals surface area contributed by atoms with Crippen molar-refractivity contribution in [3.05, 3.63) is 27.0 Å². The lowest BCUT2D eigenvalue weighted by molar-refractivity contribution is 0.0628. The van der Waals surface area contributed by atoms with Crippen molar-refractivity contribution in [2.75, 3.05) is 13.1 Å². The van der Waals surface area contributed by atoms with E-state index in [4.69, 9.17) is 0 Å². The number of aliphatic hydroxyl groups is 1. The lowest BCUT2D eigenvalue weighted by Gasteiger charge is -2.33. The minimum atomic E-state index is -3.98. The number of hydrogen-bond acceptors (Lipinski definition) is 5. The van der Waals surface area contributed by atoms with Gasteiger partial charge in [-0.15, -0.1) is 0 Å². The van der Waals surface area contributed by atoms with Gasteiger partial charge in [-0.3, -0.25) is 9.36 Å². The molecule has 0 saturated carbocycles. The Morgan fingerprint density at radius 3 is 2.48 bits per heavy atom. The van der Waals surface area contributed by atoms with Crippen LogP contribution in [0.3, 0.4) is 0 Å². The second-order valence-electron chi connectivity index (χ2n) is 5.45. The first kappa shape index (κ1) is 15.9.